The lowest BCUT2D eigenvalue weighted by molar-refractivity contribution is -0.108. The number of nitrogens with two attached hydrogens (primary N) is 1. The highest BCUT2D eigenvalue weighted by Gasteiger charge is 2.11. The Hall–Kier alpha value is -3.45. The Morgan fingerprint density at radius 2 is 2.00 bits per heavy atom. The molecular formula is C19H18N4O3. The predicted molar refractivity (Wildman–Crippen MR) is 100 cm³/mol. The highest BCUT2D eigenvalue weighted by molar-refractivity contribution is 5.97. The van der Waals surface area contributed by atoms with Gasteiger partial charge in [-0.3, -0.25) is 10.1 Å². The Morgan fingerprint density at radius 3 is 2.81 bits per heavy atom. The summed E-state index contributed by atoms with van der Waals surface area (Å²) < 4.78 is 10.6. The van der Waals surface area contributed by atoms with Gasteiger partial charge in [0.1, 0.15) is 5.75 Å². The van der Waals surface area contributed by atoms with Crippen LogP contribution in [0.4, 0.5) is 5.69 Å². The summed E-state index contributed by atoms with van der Waals surface area (Å²) in [5.74, 6) is 0.650. The molecule has 0 fully saturated rings. The van der Waals surface area contributed by atoms with Gasteiger partial charge < -0.3 is 15.2 Å². The standard InChI is InChI=1S/C19H18N4O3/c1-25-12-26-18-9-5-3-7-14(18)17-10-16(23-19(20)21-11-24)13-6-2-4-8-15(13)22-17/h2-11H,12H2,1H3,(H3,20,21,22,23,24). The zero-order valence-electron chi connectivity index (χ0n) is 14.2. The molecule has 0 atom stereocenters. The maximum atomic E-state index is 10.6. The van der Waals surface area contributed by atoms with Gasteiger partial charge in [0.25, 0.3) is 0 Å². The van der Waals surface area contributed by atoms with Gasteiger partial charge in [-0.25, -0.2) is 9.98 Å². The number of fused-ring (bicyclic) bond motifs is 1. The Morgan fingerprint density at radius 1 is 1.23 bits per heavy atom. The van der Waals surface area contributed by atoms with Crippen molar-refractivity contribution >= 4 is 29.0 Å². The minimum Gasteiger partial charge on any atom is -0.467 e. The first-order chi connectivity index (χ1) is 12.7. The normalized spacial score (nSPS) is 11.3. The smallest absolute Gasteiger partial charge is 0.213 e. The molecule has 0 radical (unpaired) electrons. The Labute approximate surface area is 150 Å². The number of carbonyl (C=O) groups is 1. The number of hydrogen-bond donors (Lipinski definition) is 2. The number of aromatic nitrogens is 1. The van der Waals surface area contributed by atoms with Gasteiger partial charge in [-0.1, -0.05) is 30.3 Å². The molecule has 0 spiro atoms. The number of methoxy groups -OCH3 is 1. The first-order valence-electron chi connectivity index (χ1n) is 7.88. The summed E-state index contributed by atoms with van der Waals surface area (Å²) in [6.45, 7) is 0.131. The van der Waals surface area contributed by atoms with E-state index in [1.807, 2.05) is 48.5 Å². The number of pyridine rings is 1. The molecule has 7 heteroatoms. The number of amides is 1. The number of rotatable bonds is 6. The van der Waals surface area contributed by atoms with Crippen molar-refractivity contribution in [3.8, 4) is 17.0 Å². The molecule has 0 aliphatic heterocycles. The number of nitrogens with one attached hydrogen (secondary N) is 1. The molecule has 0 aliphatic rings. The molecule has 0 saturated heterocycles. The fourth-order valence-corrected chi connectivity index (χ4v) is 2.54. The van der Waals surface area contributed by atoms with Crippen LogP contribution in [-0.2, 0) is 9.53 Å². The van der Waals surface area contributed by atoms with Crippen molar-refractivity contribution in [2.75, 3.05) is 13.9 Å². The van der Waals surface area contributed by atoms with E-state index in [0.29, 0.717) is 23.5 Å². The van der Waals surface area contributed by atoms with Crippen LogP contribution in [0, 0.1) is 0 Å². The molecule has 2 aromatic carbocycles. The Kier molecular flexibility index (Phi) is 5.40. The number of ether oxygens (including phenoxy) is 2. The van der Waals surface area contributed by atoms with Gasteiger partial charge in [-0.05, 0) is 24.3 Å². The first-order valence-corrected chi connectivity index (χ1v) is 7.88. The van der Waals surface area contributed by atoms with E-state index in [4.69, 9.17) is 20.2 Å². The van der Waals surface area contributed by atoms with Gasteiger partial charge in [0, 0.05) is 18.1 Å². The van der Waals surface area contributed by atoms with Crippen molar-refractivity contribution in [3.63, 3.8) is 0 Å². The summed E-state index contributed by atoms with van der Waals surface area (Å²) in [5.41, 5.74) is 8.56. The van der Waals surface area contributed by atoms with Crippen LogP contribution in [0.1, 0.15) is 0 Å². The van der Waals surface area contributed by atoms with Crippen molar-refractivity contribution in [1.29, 1.82) is 0 Å². The molecule has 3 rings (SSSR count). The van der Waals surface area contributed by atoms with Crippen LogP contribution >= 0.6 is 0 Å². The fraction of sp³-hybridized carbons (Fsp3) is 0.105. The summed E-state index contributed by atoms with van der Waals surface area (Å²) >= 11 is 0. The minimum atomic E-state index is 0.00576. The number of para-hydroxylation sites is 2. The second-order valence-corrected chi connectivity index (χ2v) is 5.35. The molecule has 0 bridgehead atoms. The van der Waals surface area contributed by atoms with Gasteiger partial charge in [0.05, 0.1) is 16.9 Å². The van der Waals surface area contributed by atoms with E-state index in [9.17, 15) is 4.79 Å². The van der Waals surface area contributed by atoms with Crippen molar-refractivity contribution in [1.82, 2.24) is 10.3 Å². The van der Waals surface area contributed by atoms with E-state index in [1.54, 1.807) is 13.2 Å². The molecule has 3 aromatic rings. The molecule has 3 N–H and O–H groups in total. The van der Waals surface area contributed by atoms with Gasteiger partial charge in [0.2, 0.25) is 6.41 Å². The number of guanidine groups is 1. The van der Waals surface area contributed by atoms with E-state index in [1.165, 1.54) is 0 Å². The minimum absolute atomic E-state index is 0.00576. The van der Waals surface area contributed by atoms with Gasteiger partial charge in [-0.2, -0.15) is 0 Å². The number of benzene rings is 2. The lowest BCUT2D eigenvalue weighted by Crippen LogP contribution is -2.29. The summed E-state index contributed by atoms with van der Waals surface area (Å²) in [7, 11) is 1.56. The third-order valence-electron chi connectivity index (χ3n) is 3.64. The zero-order chi connectivity index (χ0) is 18.4. The summed E-state index contributed by atoms with van der Waals surface area (Å²) in [5, 5.41) is 3.16. The van der Waals surface area contributed by atoms with Crippen molar-refractivity contribution in [2.45, 2.75) is 0 Å². The first kappa shape index (κ1) is 17.4. The zero-order valence-corrected chi connectivity index (χ0v) is 14.2. The average Bonchev–Trinajstić information content (AvgIpc) is 2.66. The average molecular weight is 350 g/mol. The largest absolute Gasteiger partial charge is 0.467 e. The number of aliphatic imine (C=N–C) groups is 1. The van der Waals surface area contributed by atoms with E-state index >= 15 is 0 Å². The van der Waals surface area contributed by atoms with E-state index < -0.39 is 0 Å². The highest BCUT2D eigenvalue weighted by Crippen LogP contribution is 2.34. The molecule has 0 aliphatic carbocycles. The third-order valence-corrected chi connectivity index (χ3v) is 3.64. The van der Waals surface area contributed by atoms with Crippen molar-refractivity contribution in [3.05, 3.63) is 54.6 Å². The van der Waals surface area contributed by atoms with Crippen molar-refractivity contribution in [2.24, 2.45) is 10.7 Å². The Bertz CT molecular complexity index is 956. The second-order valence-electron chi connectivity index (χ2n) is 5.35. The second kappa shape index (κ2) is 8.09. The topological polar surface area (TPSA) is 98.8 Å². The molecule has 1 aromatic heterocycles. The van der Waals surface area contributed by atoms with Crippen LogP contribution < -0.4 is 15.8 Å². The van der Waals surface area contributed by atoms with E-state index in [2.05, 4.69) is 10.3 Å². The molecule has 0 saturated carbocycles. The fourth-order valence-electron chi connectivity index (χ4n) is 2.54. The van der Waals surface area contributed by atoms with E-state index in [0.717, 1.165) is 16.5 Å². The molecule has 7 nitrogen and oxygen atoms in total. The van der Waals surface area contributed by atoms with E-state index in [-0.39, 0.29) is 12.8 Å². The van der Waals surface area contributed by atoms with Crippen molar-refractivity contribution < 1.29 is 14.3 Å². The molecule has 1 amide bonds. The molecular weight excluding hydrogens is 332 g/mol. The lowest BCUT2D eigenvalue weighted by Gasteiger charge is -2.12. The number of carbonyl (C=O) groups excluding carboxylic acids is 1. The van der Waals surface area contributed by atoms with Crippen LogP contribution in [0.15, 0.2) is 59.6 Å². The van der Waals surface area contributed by atoms with Crippen LogP contribution in [0.5, 0.6) is 5.75 Å². The molecule has 1 heterocycles. The van der Waals surface area contributed by atoms with Gasteiger partial charge in [-0.15, -0.1) is 0 Å². The lowest BCUT2D eigenvalue weighted by atomic mass is 10.1. The molecule has 26 heavy (non-hydrogen) atoms. The van der Waals surface area contributed by atoms with Crippen LogP contribution in [0.25, 0.3) is 22.2 Å². The summed E-state index contributed by atoms with van der Waals surface area (Å²) in [4.78, 5) is 19.6. The third kappa shape index (κ3) is 3.79. The van der Waals surface area contributed by atoms with Crippen LogP contribution in [0.2, 0.25) is 0 Å². The highest BCUT2D eigenvalue weighted by atomic mass is 16.7. The van der Waals surface area contributed by atoms with Crippen LogP contribution in [-0.4, -0.2) is 31.3 Å². The van der Waals surface area contributed by atoms with Gasteiger partial charge in [0.15, 0.2) is 12.8 Å². The molecule has 0 unspecified atom stereocenters. The molecule has 132 valence electrons. The maximum absolute atomic E-state index is 10.6. The van der Waals surface area contributed by atoms with Gasteiger partial charge >= 0.3 is 0 Å². The monoisotopic (exact) mass is 350 g/mol. The predicted octanol–water partition coefficient (Wildman–Crippen LogP) is 2.58. The SMILES string of the molecule is COCOc1ccccc1-c1cc(N=C(N)NC=O)c2ccccc2n1. The summed E-state index contributed by atoms with van der Waals surface area (Å²) in [6, 6.07) is 16.9. The maximum Gasteiger partial charge on any atom is 0.213 e. The number of hydrogen-bond acceptors (Lipinski definition) is 5. The quantitative estimate of drug-likeness (QED) is 0.308. The summed E-state index contributed by atoms with van der Waals surface area (Å²) in [6.07, 6.45) is 0.483. The number of nitrogens with zero attached hydrogens (tertiary/aromatic N) is 2. The Balaban J connectivity index is 2.16. The van der Waals surface area contributed by atoms with Crippen LogP contribution in [0.3, 0.4) is 0 Å².